The summed E-state index contributed by atoms with van der Waals surface area (Å²) < 4.78 is 14.7. The Hall–Kier alpha value is -2.31. The zero-order valence-electron chi connectivity index (χ0n) is 17.0. The third-order valence-corrected chi connectivity index (χ3v) is 6.81. The molecule has 0 radical (unpaired) electrons. The van der Waals surface area contributed by atoms with Gasteiger partial charge in [-0.25, -0.2) is 4.39 Å². The lowest BCUT2D eigenvalue weighted by Crippen LogP contribution is -2.43. The summed E-state index contributed by atoms with van der Waals surface area (Å²) in [7, 11) is 0. The maximum Gasteiger partial charge on any atom is 0.186 e. The number of nitrogens with zero attached hydrogens (tertiary/aromatic N) is 2. The summed E-state index contributed by atoms with van der Waals surface area (Å²) in [5.41, 5.74) is 2.54. The normalized spacial score (nSPS) is 22.1. The minimum Gasteiger partial charge on any atom is -0.297 e. The highest BCUT2D eigenvalue weighted by Crippen LogP contribution is 2.40. The van der Waals surface area contributed by atoms with Crippen molar-refractivity contribution >= 4 is 28.7 Å². The number of Topliss-reactive ketones (excluding diaryl/α,β-unsaturated/α-hetero) is 1. The molecule has 2 aliphatic rings. The molecule has 2 heterocycles. The van der Waals surface area contributed by atoms with Crippen LogP contribution >= 0.6 is 11.8 Å². The van der Waals surface area contributed by atoms with Crippen LogP contribution < -0.4 is 0 Å². The minimum absolute atomic E-state index is 0.0338. The number of hydrogen-bond acceptors (Lipinski definition) is 5. The van der Waals surface area contributed by atoms with Gasteiger partial charge < -0.3 is 0 Å². The van der Waals surface area contributed by atoms with E-state index >= 15 is 0 Å². The van der Waals surface area contributed by atoms with Gasteiger partial charge in [0.2, 0.25) is 0 Å². The number of hydrogen-bond donors (Lipinski definition) is 0. The van der Waals surface area contributed by atoms with E-state index in [9.17, 15) is 14.0 Å². The van der Waals surface area contributed by atoms with E-state index in [1.807, 2.05) is 12.1 Å². The smallest absolute Gasteiger partial charge is 0.186 e. The first-order chi connectivity index (χ1) is 14.5. The average Bonchev–Trinajstić information content (AvgIpc) is 3.57. The molecule has 1 saturated carbocycles. The molecule has 4 rings (SSSR count). The molecule has 1 aromatic carbocycles. The number of rotatable bonds is 6. The van der Waals surface area contributed by atoms with Crippen LogP contribution in [0.15, 0.2) is 54.4 Å². The predicted molar refractivity (Wildman–Crippen MR) is 117 cm³/mol. The first kappa shape index (κ1) is 20.9. The van der Waals surface area contributed by atoms with E-state index in [0.717, 1.165) is 30.4 Å². The quantitative estimate of drug-likeness (QED) is 0.674. The molecule has 2 fully saturated rings. The zero-order chi connectivity index (χ0) is 21.1. The molecule has 30 heavy (non-hydrogen) atoms. The van der Waals surface area contributed by atoms with Crippen LogP contribution in [0.3, 0.4) is 0 Å². The molecule has 1 saturated heterocycles. The molecule has 0 bridgehead atoms. The lowest BCUT2D eigenvalue weighted by Gasteiger charge is -2.38. The lowest BCUT2D eigenvalue weighted by atomic mass is 9.93. The molecule has 0 spiro atoms. The first-order valence-electron chi connectivity index (χ1n) is 10.3. The Balaban J connectivity index is 1.67. The number of piperidine rings is 1. The number of likely N-dealkylation sites (tertiary alicyclic amines) is 1. The van der Waals surface area contributed by atoms with Crippen LogP contribution in [0.2, 0.25) is 0 Å². The Labute approximate surface area is 180 Å². The summed E-state index contributed by atoms with van der Waals surface area (Å²) in [5.74, 6) is -0.191. The van der Waals surface area contributed by atoms with Gasteiger partial charge >= 0.3 is 0 Å². The molecular weight excluding hydrogens is 399 g/mol. The first-order valence-corrected chi connectivity index (χ1v) is 11.2. The lowest BCUT2D eigenvalue weighted by molar-refractivity contribution is -0.126. The fourth-order valence-corrected chi connectivity index (χ4v) is 4.99. The third-order valence-electron chi connectivity index (χ3n) is 5.66. The van der Waals surface area contributed by atoms with E-state index in [-0.39, 0.29) is 27.9 Å². The topological polar surface area (TPSA) is 50.3 Å². The predicted octanol–water partition coefficient (Wildman–Crippen LogP) is 4.68. The second-order valence-electron chi connectivity index (χ2n) is 7.96. The van der Waals surface area contributed by atoms with Crippen molar-refractivity contribution in [3.05, 3.63) is 71.3 Å². The molecule has 2 unspecified atom stereocenters. The van der Waals surface area contributed by atoms with Gasteiger partial charge in [0.1, 0.15) is 5.82 Å². The van der Waals surface area contributed by atoms with Crippen LogP contribution in [0, 0.1) is 11.7 Å². The van der Waals surface area contributed by atoms with Crippen LogP contribution in [-0.4, -0.2) is 39.1 Å². The van der Waals surface area contributed by atoms with Crippen molar-refractivity contribution in [2.24, 2.45) is 5.92 Å². The summed E-state index contributed by atoms with van der Waals surface area (Å²) in [5, 5.41) is 0.137. The van der Waals surface area contributed by atoms with E-state index in [1.54, 1.807) is 37.5 Å². The second-order valence-corrected chi connectivity index (χ2v) is 9.34. The van der Waals surface area contributed by atoms with Gasteiger partial charge in [-0.1, -0.05) is 36.0 Å². The molecule has 1 aliphatic heterocycles. The van der Waals surface area contributed by atoms with Crippen molar-refractivity contribution in [1.29, 1.82) is 0 Å². The fourth-order valence-electron chi connectivity index (χ4n) is 4.07. The molecule has 2 atom stereocenters. The van der Waals surface area contributed by atoms with E-state index in [4.69, 9.17) is 0 Å². The van der Waals surface area contributed by atoms with Crippen molar-refractivity contribution in [1.82, 2.24) is 9.88 Å². The van der Waals surface area contributed by atoms with Crippen LogP contribution in [0.1, 0.15) is 43.4 Å². The molecule has 1 aliphatic carbocycles. The number of ketones is 1. The second kappa shape index (κ2) is 9.23. The number of benzene rings is 1. The summed E-state index contributed by atoms with van der Waals surface area (Å²) in [4.78, 5) is 31.1. The van der Waals surface area contributed by atoms with Crippen molar-refractivity contribution in [2.45, 2.75) is 37.5 Å². The van der Waals surface area contributed by atoms with Gasteiger partial charge in [-0.2, -0.15) is 0 Å². The van der Waals surface area contributed by atoms with E-state index in [2.05, 4.69) is 16.0 Å². The zero-order valence-corrected chi connectivity index (χ0v) is 17.8. The molecule has 0 amide bonds. The van der Waals surface area contributed by atoms with Gasteiger partial charge in [0.25, 0.3) is 0 Å². The Kier molecular flexibility index (Phi) is 6.44. The summed E-state index contributed by atoms with van der Waals surface area (Å²) in [6.07, 6.45) is 8.07. The number of halogens is 1. The van der Waals surface area contributed by atoms with Crippen LogP contribution in [0.5, 0.6) is 0 Å². The number of aromatic nitrogens is 1. The Morgan fingerprint density at radius 2 is 1.90 bits per heavy atom. The van der Waals surface area contributed by atoms with Crippen molar-refractivity contribution in [3.63, 3.8) is 0 Å². The van der Waals surface area contributed by atoms with Crippen molar-refractivity contribution in [3.8, 4) is 0 Å². The Bertz CT molecular complexity index is 959. The summed E-state index contributed by atoms with van der Waals surface area (Å²) in [6, 6.07) is 9.86. The average molecular weight is 425 g/mol. The van der Waals surface area contributed by atoms with Crippen LogP contribution in [-0.2, 0) is 9.59 Å². The van der Waals surface area contributed by atoms with Crippen molar-refractivity contribution < 1.29 is 14.0 Å². The molecule has 4 nitrogen and oxygen atoms in total. The van der Waals surface area contributed by atoms with Gasteiger partial charge in [-0.05, 0) is 48.6 Å². The standard InChI is InChI=1S/C24H25FN2O2S/c1-16(28)30-22-10-13-27(15-19(22)14-17-8-11-26-12-9-17)23(24(29)18-6-7-18)20-4-2-3-5-21(20)25/h2-5,8-9,11-12,14,18,22-23H,6-7,10,13,15H2,1H3. The number of thioether (sulfide) groups is 1. The molecule has 1 aromatic heterocycles. The maximum absolute atomic E-state index is 14.7. The summed E-state index contributed by atoms with van der Waals surface area (Å²) in [6.45, 7) is 2.76. The molecule has 2 aromatic rings. The van der Waals surface area contributed by atoms with Crippen molar-refractivity contribution in [2.75, 3.05) is 13.1 Å². The minimum atomic E-state index is -0.581. The monoisotopic (exact) mass is 424 g/mol. The number of carbonyl (C=O) groups is 2. The van der Waals surface area contributed by atoms with Gasteiger partial charge in [0, 0.05) is 49.1 Å². The number of carbonyl (C=O) groups excluding carboxylic acids is 2. The van der Waals surface area contributed by atoms with Gasteiger partial charge in [0.15, 0.2) is 10.9 Å². The van der Waals surface area contributed by atoms with Gasteiger partial charge in [-0.3, -0.25) is 19.5 Å². The summed E-state index contributed by atoms with van der Waals surface area (Å²) >= 11 is 1.33. The third kappa shape index (κ3) is 4.87. The Morgan fingerprint density at radius 3 is 2.57 bits per heavy atom. The molecule has 156 valence electrons. The highest BCUT2D eigenvalue weighted by molar-refractivity contribution is 8.14. The fraction of sp³-hybridized carbons (Fsp3) is 0.375. The van der Waals surface area contributed by atoms with Gasteiger partial charge in [-0.15, -0.1) is 0 Å². The van der Waals surface area contributed by atoms with E-state index in [0.29, 0.717) is 18.7 Å². The number of pyridine rings is 1. The SMILES string of the molecule is CC(=O)SC1CCN(C(C(=O)C2CC2)c2ccccc2F)CC1=Cc1ccncc1. The largest absolute Gasteiger partial charge is 0.297 e. The van der Waals surface area contributed by atoms with E-state index < -0.39 is 6.04 Å². The highest BCUT2D eigenvalue weighted by Gasteiger charge is 2.41. The van der Waals surface area contributed by atoms with Crippen LogP contribution in [0.4, 0.5) is 4.39 Å². The van der Waals surface area contributed by atoms with Crippen LogP contribution in [0.25, 0.3) is 6.08 Å². The van der Waals surface area contributed by atoms with Gasteiger partial charge in [0.05, 0.1) is 6.04 Å². The Morgan fingerprint density at radius 1 is 1.17 bits per heavy atom. The maximum atomic E-state index is 14.7. The molecule has 0 N–H and O–H groups in total. The highest BCUT2D eigenvalue weighted by atomic mass is 32.2. The van der Waals surface area contributed by atoms with E-state index in [1.165, 1.54) is 17.8 Å². The molecular formula is C24H25FN2O2S. The molecule has 6 heteroatoms.